The van der Waals surface area contributed by atoms with Gasteiger partial charge in [0.1, 0.15) is 13.2 Å². The first-order valence-corrected chi connectivity index (χ1v) is 14.9. The summed E-state index contributed by atoms with van der Waals surface area (Å²) < 4.78 is 61.2. The molecule has 0 bridgehead atoms. The summed E-state index contributed by atoms with van der Waals surface area (Å²) >= 11 is 0. The van der Waals surface area contributed by atoms with Gasteiger partial charge in [-0.05, 0) is 59.7 Å². The van der Waals surface area contributed by atoms with E-state index in [4.69, 9.17) is 28.4 Å². The first-order chi connectivity index (χ1) is 20.0. The van der Waals surface area contributed by atoms with Crippen molar-refractivity contribution in [2.75, 3.05) is 26.4 Å². The van der Waals surface area contributed by atoms with Gasteiger partial charge in [0.15, 0.2) is 35.2 Å². The lowest BCUT2D eigenvalue weighted by molar-refractivity contribution is 0.00271. The van der Waals surface area contributed by atoms with Gasteiger partial charge in [-0.3, -0.25) is 0 Å². The van der Waals surface area contributed by atoms with E-state index in [9.17, 15) is 8.42 Å². The molecule has 0 N–H and O–H groups in total. The Labute approximate surface area is 239 Å². The molecule has 0 amide bonds. The second kappa shape index (κ2) is 12.2. The second-order valence-corrected chi connectivity index (χ2v) is 11.8. The Morgan fingerprint density at radius 1 is 0.561 bits per heavy atom. The van der Waals surface area contributed by atoms with Crippen molar-refractivity contribution in [3.8, 4) is 23.0 Å². The normalized spacial score (nSPS) is 17.7. The maximum absolute atomic E-state index is 13.2. The van der Waals surface area contributed by atoms with Crippen LogP contribution in [0, 0.1) is 0 Å². The number of hydrogen-bond acceptors (Lipinski definition) is 8. The van der Waals surface area contributed by atoms with E-state index >= 15 is 0 Å². The van der Waals surface area contributed by atoms with Crippen molar-refractivity contribution < 1.29 is 36.8 Å². The van der Waals surface area contributed by atoms with E-state index in [1.807, 2.05) is 48.5 Å². The summed E-state index contributed by atoms with van der Waals surface area (Å²) in [5.41, 5.74) is 1.73. The van der Waals surface area contributed by atoms with Crippen molar-refractivity contribution in [3.05, 3.63) is 108 Å². The zero-order valence-electron chi connectivity index (χ0n) is 22.3. The van der Waals surface area contributed by atoms with Gasteiger partial charge in [0.25, 0.3) is 0 Å². The molecule has 2 aliphatic rings. The Morgan fingerprint density at radius 3 is 1.37 bits per heavy atom. The Bertz CT molecular complexity index is 1460. The van der Waals surface area contributed by atoms with Crippen molar-refractivity contribution >= 4 is 9.84 Å². The Hall–Kier alpha value is -4.05. The van der Waals surface area contributed by atoms with E-state index in [1.165, 1.54) is 0 Å². The van der Waals surface area contributed by atoms with Gasteiger partial charge in [0.05, 0.1) is 36.2 Å². The van der Waals surface area contributed by atoms with Crippen LogP contribution in [0.3, 0.4) is 0 Å². The lowest BCUT2D eigenvalue weighted by atomic mass is 10.2. The molecule has 41 heavy (non-hydrogen) atoms. The summed E-state index contributed by atoms with van der Waals surface area (Å²) in [5.74, 6) is 2.88. The summed E-state index contributed by atoms with van der Waals surface area (Å²) in [4.78, 5) is 0.446. The van der Waals surface area contributed by atoms with Crippen LogP contribution in [0.15, 0.2) is 107 Å². The molecule has 2 heterocycles. The van der Waals surface area contributed by atoms with Gasteiger partial charge in [-0.25, -0.2) is 8.42 Å². The summed E-state index contributed by atoms with van der Waals surface area (Å²) in [5, 5.41) is 0. The molecule has 2 aliphatic heterocycles. The van der Waals surface area contributed by atoms with Gasteiger partial charge in [-0.2, -0.15) is 0 Å². The van der Waals surface area contributed by atoms with Crippen molar-refractivity contribution in [3.63, 3.8) is 0 Å². The average Bonchev–Trinajstić information content (AvgIpc) is 3.01. The van der Waals surface area contributed by atoms with Gasteiger partial charge in [-0.15, -0.1) is 0 Å². The van der Waals surface area contributed by atoms with E-state index < -0.39 is 9.84 Å². The molecule has 0 aliphatic carbocycles. The molecule has 8 nitrogen and oxygen atoms in total. The Balaban J connectivity index is 0.970. The maximum atomic E-state index is 13.2. The van der Waals surface area contributed by atoms with Crippen LogP contribution in [0.4, 0.5) is 0 Å². The molecular weight excluding hydrogens is 544 g/mol. The predicted molar refractivity (Wildman–Crippen MR) is 150 cm³/mol. The summed E-state index contributed by atoms with van der Waals surface area (Å²) in [6, 6.07) is 28.5. The van der Waals surface area contributed by atoms with Gasteiger partial charge in [-0.1, -0.05) is 48.5 Å². The van der Waals surface area contributed by atoms with Crippen molar-refractivity contribution in [2.24, 2.45) is 0 Å². The number of fused-ring (bicyclic) bond motifs is 2. The van der Waals surface area contributed by atoms with Crippen molar-refractivity contribution in [2.45, 2.75) is 35.2 Å². The molecule has 0 spiro atoms. The fourth-order valence-electron chi connectivity index (χ4n) is 4.57. The minimum Gasteiger partial charge on any atom is -0.486 e. The maximum Gasteiger partial charge on any atom is 0.206 e. The number of rotatable bonds is 10. The SMILES string of the molecule is O=S(=O)(c1ccc(COCC2COc3ccccc3O2)cc1)c1ccc(COCC2COc3ccccc3O2)cc1. The van der Waals surface area contributed by atoms with E-state index in [-0.39, 0.29) is 22.0 Å². The number of benzene rings is 4. The van der Waals surface area contributed by atoms with Crippen LogP contribution in [0.25, 0.3) is 0 Å². The van der Waals surface area contributed by atoms with Crippen LogP contribution >= 0.6 is 0 Å². The molecule has 0 saturated heterocycles. The highest BCUT2D eigenvalue weighted by atomic mass is 32.2. The van der Waals surface area contributed by atoms with E-state index in [2.05, 4.69) is 0 Å². The van der Waals surface area contributed by atoms with Crippen LogP contribution < -0.4 is 18.9 Å². The van der Waals surface area contributed by atoms with Gasteiger partial charge < -0.3 is 28.4 Å². The molecule has 0 saturated carbocycles. The number of para-hydroxylation sites is 4. The molecule has 9 heteroatoms. The van der Waals surface area contributed by atoms with E-state index in [0.29, 0.717) is 51.1 Å². The summed E-state index contributed by atoms with van der Waals surface area (Å²) in [6.07, 6.45) is -0.407. The number of sulfone groups is 1. The molecule has 212 valence electrons. The van der Waals surface area contributed by atoms with Crippen LogP contribution in [-0.2, 0) is 32.5 Å². The third-order valence-electron chi connectivity index (χ3n) is 6.75. The quantitative estimate of drug-likeness (QED) is 0.254. The first-order valence-electron chi connectivity index (χ1n) is 13.4. The summed E-state index contributed by atoms with van der Waals surface area (Å²) in [6.45, 7) is 2.22. The molecule has 0 aromatic heterocycles. The van der Waals surface area contributed by atoms with Gasteiger partial charge >= 0.3 is 0 Å². The van der Waals surface area contributed by atoms with Crippen LogP contribution in [0.1, 0.15) is 11.1 Å². The number of hydrogen-bond donors (Lipinski definition) is 0. The zero-order chi connectivity index (χ0) is 28.1. The Morgan fingerprint density at radius 2 is 0.951 bits per heavy atom. The third kappa shape index (κ3) is 6.48. The average molecular weight is 575 g/mol. The lowest BCUT2D eigenvalue weighted by Gasteiger charge is -2.26. The lowest BCUT2D eigenvalue weighted by Crippen LogP contribution is -2.33. The fraction of sp³-hybridized carbons (Fsp3) is 0.250. The van der Waals surface area contributed by atoms with Crippen LogP contribution in [0.2, 0.25) is 0 Å². The Kier molecular flexibility index (Phi) is 8.09. The minimum atomic E-state index is -3.66. The third-order valence-corrected chi connectivity index (χ3v) is 8.53. The monoisotopic (exact) mass is 574 g/mol. The largest absolute Gasteiger partial charge is 0.486 e. The molecule has 2 unspecified atom stereocenters. The minimum absolute atomic E-state index is 0.204. The first kappa shape index (κ1) is 27.1. The molecule has 6 rings (SSSR count). The topological polar surface area (TPSA) is 89.5 Å². The highest BCUT2D eigenvalue weighted by Crippen LogP contribution is 2.32. The second-order valence-electron chi connectivity index (χ2n) is 9.82. The zero-order valence-corrected chi connectivity index (χ0v) is 23.1. The highest BCUT2D eigenvalue weighted by Gasteiger charge is 2.22. The molecule has 2 atom stereocenters. The summed E-state index contributed by atoms with van der Waals surface area (Å²) in [7, 11) is -3.66. The molecular formula is C32H30O8S. The van der Waals surface area contributed by atoms with E-state index in [0.717, 1.165) is 22.6 Å². The van der Waals surface area contributed by atoms with Gasteiger partial charge in [0.2, 0.25) is 9.84 Å². The van der Waals surface area contributed by atoms with E-state index in [1.54, 1.807) is 48.5 Å². The number of ether oxygens (including phenoxy) is 6. The fourth-order valence-corrected chi connectivity index (χ4v) is 5.83. The highest BCUT2D eigenvalue weighted by molar-refractivity contribution is 7.91. The molecule has 4 aromatic carbocycles. The molecule has 4 aromatic rings. The van der Waals surface area contributed by atoms with Crippen molar-refractivity contribution in [1.82, 2.24) is 0 Å². The predicted octanol–water partition coefficient (Wildman–Crippen LogP) is 5.23. The van der Waals surface area contributed by atoms with Gasteiger partial charge in [0, 0.05) is 0 Å². The smallest absolute Gasteiger partial charge is 0.206 e. The molecule has 0 radical (unpaired) electrons. The standard InChI is InChI=1S/C32H30O8S/c33-41(34,27-13-9-23(10-14-27)17-35-19-25-21-37-29-5-1-3-7-31(29)39-25)28-15-11-24(12-16-28)18-36-20-26-22-38-30-6-2-4-8-32(30)40-26/h1-16,25-26H,17-22H2. The van der Waals surface area contributed by atoms with Crippen molar-refractivity contribution in [1.29, 1.82) is 0 Å². The van der Waals surface area contributed by atoms with Crippen LogP contribution in [-0.4, -0.2) is 47.1 Å². The van der Waals surface area contributed by atoms with Crippen LogP contribution in [0.5, 0.6) is 23.0 Å². The molecule has 0 fully saturated rings.